The highest BCUT2D eigenvalue weighted by Crippen LogP contribution is 2.51. The number of carbonyl (C=O) groups excluding carboxylic acids is 1. The minimum absolute atomic E-state index is 0.355. The van der Waals surface area contributed by atoms with Crippen LogP contribution in [-0.4, -0.2) is 6.08 Å². The van der Waals surface area contributed by atoms with Crippen LogP contribution in [0.1, 0.15) is 18.4 Å². The van der Waals surface area contributed by atoms with Gasteiger partial charge in [0.15, 0.2) is 0 Å². The van der Waals surface area contributed by atoms with E-state index in [0.29, 0.717) is 18.9 Å². The first kappa shape index (κ1) is 11.4. The molecule has 0 unspecified atom stereocenters. The van der Waals surface area contributed by atoms with E-state index in [2.05, 4.69) is 20.9 Å². The number of isocyanates is 1. The van der Waals surface area contributed by atoms with Crippen molar-refractivity contribution >= 4 is 22.0 Å². The Kier molecular flexibility index (Phi) is 2.64. The fourth-order valence-electron chi connectivity index (χ4n) is 1.62. The van der Waals surface area contributed by atoms with Gasteiger partial charge in [0.2, 0.25) is 6.08 Å². The van der Waals surface area contributed by atoms with Gasteiger partial charge < -0.3 is 0 Å². The van der Waals surface area contributed by atoms with Crippen molar-refractivity contribution < 1.29 is 18.0 Å². The van der Waals surface area contributed by atoms with Crippen molar-refractivity contribution in [3.63, 3.8) is 0 Å². The van der Waals surface area contributed by atoms with Crippen molar-refractivity contribution in [3.05, 3.63) is 33.6 Å². The summed E-state index contributed by atoms with van der Waals surface area (Å²) in [4.78, 5) is 13.6. The molecule has 1 fully saturated rings. The average molecular weight is 292 g/mol. The lowest BCUT2D eigenvalue weighted by Gasteiger charge is -2.12. The van der Waals surface area contributed by atoms with Crippen LogP contribution in [0.15, 0.2) is 15.5 Å². The second-order valence-corrected chi connectivity index (χ2v) is 4.37. The Bertz CT molecular complexity index is 507. The van der Waals surface area contributed by atoms with Crippen molar-refractivity contribution in [1.29, 1.82) is 0 Å². The largest absolute Gasteiger partial charge is 0.235 e. The van der Waals surface area contributed by atoms with E-state index in [1.165, 1.54) is 6.08 Å². The van der Waals surface area contributed by atoms with Gasteiger partial charge in [0.05, 0.1) is 10.0 Å². The molecule has 2 rings (SSSR count). The minimum atomic E-state index is -1.19. The number of benzene rings is 1. The lowest BCUT2D eigenvalue weighted by Crippen LogP contribution is -2.10. The standard InChI is InChI=1S/C10H5BrF3NO/c11-8-6(13)3-5(12)7(9(8)14)10(1-2-10)15-4-16/h3H,1-2H2. The second kappa shape index (κ2) is 3.71. The maximum absolute atomic E-state index is 13.7. The highest BCUT2D eigenvalue weighted by molar-refractivity contribution is 9.10. The summed E-state index contributed by atoms with van der Waals surface area (Å²) in [5.74, 6) is -3.10. The molecule has 0 heterocycles. The van der Waals surface area contributed by atoms with Gasteiger partial charge in [-0.1, -0.05) is 0 Å². The lowest BCUT2D eigenvalue weighted by atomic mass is 10.0. The topological polar surface area (TPSA) is 29.4 Å². The molecule has 0 bridgehead atoms. The molecular weight excluding hydrogens is 287 g/mol. The van der Waals surface area contributed by atoms with Crippen molar-refractivity contribution in [2.75, 3.05) is 0 Å². The van der Waals surface area contributed by atoms with Gasteiger partial charge in [-0.25, -0.2) is 18.0 Å². The molecule has 0 spiro atoms. The molecule has 0 amide bonds. The SMILES string of the molecule is O=C=NC1(c2c(F)cc(F)c(Br)c2F)CC1. The van der Waals surface area contributed by atoms with E-state index >= 15 is 0 Å². The van der Waals surface area contributed by atoms with Gasteiger partial charge in [-0.15, -0.1) is 0 Å². The van der Waals surface area contributed by atoms with Gasteiger partial charge in [0.1, 0.15) is 23.0 Å². The third-order valence-electron chi connectivity index (χ3n) is 2.56. The molecule has 0 aliphatic heterocycles. The smallest absolute Gasteiger partial charge is 0.211 e. The molecule has 1 aromatic rings. The monoisotopic (exact) mass is 291 g/mol. The summed E-state index contributed by atoms with van der Waals surface area (Å²) >= 11 is 2.68. The summed E-state index contributed by atoms with van der Waals surface area (Å²) < 4.78 is 39.7. The Morgan fingerprint density at radius 2 is 1.94 bits per heavy atom. The molecule has 84 valence electrons. The number of nitrogens with zero attached hydrogens (tertiary/aromatic N) is 1. The molecule has 6 heteroatoms. The zero-order chi connectivity index (χ0) is 11.9. The Balaban J connectivity index is 2.66. The third-order valence-corrected chi connectivity index (χ3v) is 3.29. The average Bonchev–Trinajstić information content (AvgIpc) is 2.96. The van der Waals surface area contributed by atoms with Crippen LogP contribution in [0.3, 0.4) is 0 Å². The fourth-order valence-corrected chi connectivity index (χ4v) is 1.93. The first-order valence-electron chi connectivity index (χ1n) is 4.44. The van der Waals surface area contributed by atoms with Crippen molar-refractivity contribution in [3.8, 4) is 0 Å². The minimum Gasteiger partial charge on any atom is -0.211 e. The molecular formula is C10H5BrF3NO. The summed E-state index contributed by atoms with van der Waals surface area (Å²) in [5.41, 5.74) is -1.56. The van der Waals surface area contributed by atoms with Gasteiger partial charge in [-0.05, 0) is 28.8 Å². The van der Waals surface area contributed by atoms with Gasteiger partial charge in [-0.3, -0.25) is 0 Å². The molecule has 2 nitrogen and oxygen atoms in total. The summed E-state index contributed by atoms with van der Waals surface area (Å²) in [6.07, 6.45) is 2.00. The van der Waals surface area contributed by atoms with E-state index in [0.717, 1.165) is 0 Å². The van der Waals surface area contributed by atoms with E-state index in [4.69, 9.17) is 0 Å². The Morgan fingerprint density at radius 3 is 2.44 bits per heavy atom. The molecule has 0 atom stereocenters. The van der Waals surface area contributed by atoms with Gasteiger partial charge >= 0.3 is 0 Å². The van der Waals surface area contributed by atoms with Crippen LogP contribution in [0.4, 0.5) is 13.2 Å². The predicted octanol–water partition coefficient (Wildman–Crippen LogP) is 3.19. The maximum atomic E-state index is 13.7. The molecule has 1 aliphatic carbocycles. The van der Waals surface area contributed by atoms with E-state index < -0.39 is 27.5 Å². The highest BCUT2D eigenvalue weighted by Gasteiger charge is 2.49. The molecule has 0 N–H and O–H groups in total. The summed E-state index contributed by atoms with van der Waals surface area (Å²) in [6.45, 7) is 0. The van der Waals surface area contributed by atoms with E-state index in [9.17, 15) is 18.0 Å². The van der Waals surface area contributed by atoms with Crippen molar-refractivity contribution in [2.24, 2.45) is 4.99 Å². The normalized spacial score (nSPS) is 16.8. The van der Waals surface area contributed by atoms with Crippen LogP contribution in [0.2, 0.25) is 0 Å². The van der Waals surface area contributed by atoms with Crippen molar-refractivity contribution in [2.45, 2.75) is 18.4 Å². The van der Waals surface area contributed by atoms with Crippen molar-refractivity contribution in [1.82, 2.24) is 0 Å². The number of halogens is 4. The third kappa shape index (κ3) is 1.58. The summed E-state index contributed by atoms with van der Waals surface area (Å²) in [5, 5.41) is 0. The van der Waals surface area contributed by atoms with Gasteiger partial charge in [0.25, 0.3) is 0 Å². The Labute approximate surface area is 97.3 Å². The maximum Gasteiger partial charge on any atom is 0.235 e. The highest BCUT2D eigenvalue weighted by atomic mass is 79.9. The fraction of sp³-hybridized carbons (Fsp3) is 0.300. The summed E-state index contributed by atoms with van der Waals surface area (Å²) in [7, 11) is 0. The van der Waals surface area contributed by atoms with Gasteiger partial charge in [0, 0.05) is 6.07 Å². The van der Waals surface area contributed by atoms with Crippen LogP contribution in [0.25, 0.3) is 0 Å². The quantitative estimate of drug-likeness (QED) is 0.356. The summed E-state index contributed by atoms with van der Waals surface area (Å²) in [6, 6.07) is 0.572. The molecule has 0 aromatic heterocycles. The second-order valence-electron chi connectivity index (χ2n) is 3.58. The van der Waals surface area contributed by atoms with Crippen LogP contribution < -0.4 is 0 Å². The molecule has 0 radical (unpaired) electrons. The number of hydrogen-bond donors (Lipinski definition) is 0. The molecule has 0 saturated heterocycles. The Morgan fingerprint density at radius 1 is 1.31 bits per heavy atom. The van der Waals surface area contributed by atoms with Crippen LogP contribution >= 0.6 is 15.9 Å². The zero-order valence-corrected chi connectivity index (χ0v) is 9.44. The van der Waals surface area contributed by atoms with E-state index in [1.807, 2.05) is 0 Å². The molecule has 1 aliphatic rings. The van der Waals surface area contributed by atoms with E-state index in [1.54, 1.807) is 0 Å². The number of aliphatic imine (C=N–C) groups is 1. The molecule has 1 saturated carbocycles. The molecule has 16 heavy (non-hydrogen) atoms. The molecule has 1 aromatic carbocycles. The zero-order valence-electron chi connectivity index (χ0n) is 7.86. The van der Waals surface area contributed by atoms with Crippen LogP contribution in [-0.2, 0) is 10.3 Å². The first-order chi connectivity index (χ1) is 7.52. The van der Waals surface area contributed by atoms with Crippen LogP contribution in [0, 0.1) is 17.5 Å². The number of rotatable bonds is 2. The first-order valence-corrected chi connectivity index (χ1v) is 5.23. The predicted molar refractivity (Wildman–Crippen MR) is 53.0 cm³/mol. The van der Waals surface area contributed by atoms with Gasteiger partial charge in [-0.2, -0.15) is 4.99 Å². The number of hydrogen-bond acceptors (Lipinski definition) is 2. The van der Waals surface area contributed by atoms with Crippen LogP contribution in [0.5, 0.6) is 0 Å². The Hall–Kier alpha value is -1.13. The van der Waals surface area contributed by atoms with E-state index in [-0.39, 0.29) is 5.56 Å². The lowest BCUT2D eigenvalue weighted by molar-refractivity contribution is 0.489.